The van der Waals surface area contributed by atoms with Crippen molar-refractivity contribution in [2.75, 3.05) is 47.3 Å². The van der Waals surface area contributed by atoms with Gasteiger partial charge in [0.25, 0.3) is 0 Å². The summed E-state index contributed by atoms with van der Waals surface area (Å²) in [6, 6.07) is 0.610. The second kappa shape index (κ2) is 8.89. The van der Waals surface area contributed by atoms with Gasteiger partial charge < -0.3 is 15.1 Å². The molecule has 110 valence electrons. The van der Waals surface area contributed by atoms with Gasteiger partial charge in [0.05, 0.1) is 0 Å². The van der Waals surface area contributed by atoms with Crippen molar-refractivity contribution in [2.45, 2.75) is 46.6 Å². The van der Waals surface area contributed by atoms with Crippen LogP contribution in [-0.4, -0.2) is 63.2 Å². The van der Waals surface area contributed by atoms with Gasteiger partial charge in [-0.1, -0.05) is 27.7 Å². The summed E-state index contributed by atoms with van der Waals surface area (Å²) in [6.07, 6.45) is 2.44. The number of hydrogen-bond acceptors (Lipinski definition) is 3. The van der Waals surface area contributed by atoms with Crippen molar-refractivity contribution in [1.29, 1.82) is 0 Å². The van der Waals surface area contributed by atoms with Crippen LogP contribution in [0.15, 0.2) is 0 Å². The largest absolute Gasteiger partial charge is 0.313 e. The van der Waals surface area contributed by atoms with E-state index in [1.54, 1.807) is 0 Å². The summed E-state index contributed by atoms with van der Waals surface area (Å²) in [6.45, 7) is 13.8. The number of rotatable bonds is 9. The molecule has 0 spiro atoms. The summed E-state index contributed by atoms with van der Waals surface area (Å²) < 4.78 is 0. The van der Waals surface area contributed by atoms with Gasteiger partial charge in [-0.15, -0.1) is 0 Å². The molecule has 0 fully saturated rings. The van der Waals surface area contributed by atoms with Crippen molar-refractivity contribution in [3.05, 3.63) is 0 Å². The van der Waals surface area contributed by atoms with Crippen molar-refractivity contribution in [2.24, 2.45) is 5.41 Å². The molecular formula is C15H35N3. The molecule has 0 heterocycles. The maximum Gasteiger partial charge on any atom is 0.0128 e. The summed E-state index contributed by atoms with van der Waals surface area (Å²) in [5.41, 5.74) is 0.345. The predicted octanol–water partition coefficient (Wildman–Crippen LogP) is 2.28. The Bertz CT molecular complexity index is 196. The standard InChI is InChI=1S/C15H35N3/c1-8-10-16-14(15(2,3)4)9-11-18(7)13-12-17(5)6/h14,16H,8-13H2,1-7H3. The molecule has 18 heavy (non-hydrogen) atoms. The van der Waals surface area contributed by atoms with Crippen LogP contribution in [0.5, 0.6) is 0 Å². The van der Waals surface area contributed by atoms with Gasteiger partial charge in [-0.2, -0.15) is 0 Å². The molecule has 0 bridgehead atoms. The Balaban J connectivity index is 4.01. The molecule has 1 unspecified atom stereocenters. The van der Waals surface area contributed by atoms with Crippen LogP contribution in [0.25, 0.3) is 0 Å². The first-order chi connectivity index (χ1) is 8.27. The van der Waals surface area contributed by atoms with Crippen molar-refractivity contribution >= 4 is 0 Å². The van der Waals surface area contributed by atoms with Gasteiger partial charge in [-0.25, -0.2) is 0 Å². The topological polar surface area (TPSA) is 18.5 Å². The lowest BCUT2D eigenvalue weighted by Gasteiger charge is -2.33. The molecule has 0 aromatic carbocycles. The fourth-order valence-electron chi connectivity index (χ4n) is 1.99. The fourth-order valence-corrected chi connectivity index (χ4v) is 1.99. The molecule has 0 aliphatic heterocycles. The van der Waals surface area contributed by atoms with Crippen LogP contribution in [-0.2, 0) is 0 Å². The monoisotopic (exact) mass is 257 g/mol. The number of likely N-dealkylation sites (N-methyl/N-ethyl adjacent to an activating group) is 2. The first kappa shape index (κ1) is 17.9. The molecule has 0 saturated carbocycles. The van der Waals surface area contributed by atoms with Crippen LogP contribution < -0.4 is 5.32 Å². The van der Waals surface area contributed by atoms with E-state index in [-0.39, 0.29) is 0 Å². The van der Waals surface area contributed by atoms with E-state index in [1.807, 2.05) is 0 Å². The van der Waals surface area contributed by atoms with Crippen LogP contribution in [0.1, 0.15) is 40.5 Å². The molecule has 3 heteroatoms. The van der Waals surface area contributed by atoms with Gasteiger partial charge in [-0.05, 0) is 52.5 Å². The molecule has 0 aromatic heterocycles. The van der Waals surface area contributed by atoms with Crippen molar-refractivity contribution < 1.29 is 0 Å². The minimum absolute atomic E-state index is 0.345. The Hall–Kier alpha value is -0.120. The van der Waals surface area contributed by atoms with Crippen LogP contribution in [0, 0.1) is 5.41 Å². The summed E-state index contributed by atoms with van der Waals surface area (Å²) in [7, 11) is 6.49. The molecule has 0 rings (SSSR count). The number of hydrogen-bond donors (Lipinski definition) is 1. The third-order valence-electron chi connectivity index (χ3n) is 3.41. The van der Waals surface area contributed by atoms with E-state index in [1.165, 1.54) is 19.4 Å². The quantitative estimate of drug-likeness (QED) is 0.684. The van der Waals surface area contributed by atoms with Crippen molar-refractivity contribution in [3.8, 4) is 0 Å². The summed E-state index contributed by atoms with van der Waals surface area (Å²) >= 11 is 0. The average Bonchev–Trinajstić information content (AvgIpc) is 2.24. The minimum atomic E-state index is 0.345. The number of nitrogens with zero attached hydrogens (tertiary/aromatic N) is 2. The lowest BCUT2D eigenvalue weighted by molar-refractivity contribution is 0.213. The van der Waals surface area contributed by atoms with Crippen molar-refractivity contribution in [1.82, 2.24) is 15.1 Å². The smallest absolute Gasteiger partial charge is 0.0128 e. The molecule has 3 nitrogen and oxygen atoms in total. The van der Waals surface area contributed by atoms with E-state index >= 15 is 0 Å². The second-order valence-electron chi connectivity index (χ2n) is 6.77. The normalized spacial score (nSPS) is 14.5. The zero-order valence-corrected chi connectivity index (χ0v) is 13.7. The van der Waals surface area contributed by atoms with Gasteiger partial charge in [0, 0.05) is 19.1 Å². The third kappa shape index (κ3) is 8.90. The Morgan fingerprint density at radius 2 is 1.61 bits per heavy atom. The second-order valence-corrected chi connectivity index (χ2v) is 6.77. The fraction of sp³-hybridized carbons (Fsp3) is 1.00. The van der Waals surface area contributed by atoms with Gasteiger partial charge >= 0.3 is 0 Å². The van der Waals surface area contributed by atoms with Crippen LogP contribution in [0.4, 0.5) is 0 Å². The summed E-state index contributed by atoms with van der Waals surface area (Å²) in [4.78, 5) is 4.68. The highest BCUT2D eigenvalue weighted by Gasteiger charge is 2.23. The maximum atomic E-state index is 3.69. The van der Waals surface area contributed by atoms with E-state index < -0.39 is 0 Å². The van der Waals surface area contributed by atoms with Crippen LogP contribution in [0.2, 0.25) is 0 Å². The van der Waals surface area contributed by atoms with E-state index in [2.05, 4.69) is 64.0 Å². The molecule has 0 radical (unpaired) electrons. The van der Waals surface area contributed by atoms with E-state index in [0.29, 0.717) is 11.5 Å². The Morgan fingerprint density at radius 3 is 2.06 bits per heavy atom. The highest BCUT2D eigenvalue weighted by Crippen LogP contribution is 2.21. The van der Waals surface area contributed by atoms with E-state index in [9.17, 15) is 0 Å². The molecule has 0 aliphatic rings. The molecule has 1 atom stereocenters. The Kier molecular flexibility index (Phi) is 8.83. The summed E-state index contributed by atoms with van der Waals surface area (Å²) in [5, 5.41) is 3.69. The van der Waals surface area contributed by atoms with E-state index in [4.69, 9.17) is 0 Å². The predicted molar refractivity (Wildman–Crippen MR) is 82.2 cm³/mol. The first-order valence-electron chi connectivity index (χ1n) is 7.34. The molecule has 1 N–H and O–H groups in total. The zero-order valence-electron chi connectivity index (χ0n) is 13.7. The Morgan fingerprint density at radius 1 is 1.00 bits per heavy atom. The summed E-state index contributed by atoms with van der Waals surface area (Å²) in [5.74, 6) is 0. The zero-order chi connectivity index (χ0) is 14.2. The van der Waals surface area contributed by atoms with Gasteiger partial charge in [0.2, 0.25) is 0 Å². The lowest BCUT2D eigenvalue weighted by Crippen LogP contribution is -2.43. The van der Waals surface area contributed by atoms with Crippen LogP contribution >= 0.6 is 0 Å². The van der Waals surface area contributed by atoms with Crippen LogP contribution in [0.3, 0.4) is 0 Å². The molecule has 0 amide bonds. The van der Waals surface area contributed by atoms with Gasteiger partial charge in [0.15, 0.2) is 0 Å². The molecule has 0 saturated heterocycles. The highest BCUT2D eigenvalue weighted by molar-refractivity contribution is 4.81. The molecular weight excluding hydrogens is 222 g/mol. The lowest BCUT2D eigenvalue weighted by atomic mass is 9.84. The minimum Gasteiger partial charge on any atom is -0.313 e. The van der Waals surface area contributed by atoms with Crippen molar-refractivity contribution in [3.63, 3.8) is 0 Å². The average molecular weight is 257 g/mol. The number of nitrogens with one attached hydrogen (secondary N) is 1. The maximum absolute atomic E-state index is 3.69. The first-order valence-corrected chi connectivity index (χ1v) is 7.34. The molecule has 0 aliphatic carbocycles. The van der Waals surface area contributed by atoms with E-state index in [0.717, 1.165) is 19.6 Å². The molecule has 0 aromatic rings. The SMILES string of the molecule is CCCNC(CCN(C)CCN(C)C)C(C)(C)C. The van der Waals surface area contributed by atoms with Gasteiger partial charge in [0.1, 0.15) is 0 Å². The Labute approximate surface area is 115 Å². The highest BCUT2D eigenvalue weighted by atomic mass is 15.1. The van der Waals surface area contributed by atoms with Gasteiger partial charge in [-0.3, -0.25) is 0 Å². The third-order valence-corrected chi connectivity index (χ3v) is 3.41.